The highest BCUT2D eigenvalue weighted by molar-refractivity contribution is 5.79. The van der Waals surface area contributed by atoms with Gasteiger partial charge in [0, 0.05) is 18.9 Å². The Kier molecular flexibility index (Phi) is 7.15. The first-order chi connectivity index (χ1) is 16.0. The van der Waals surface area contributed by atoms with Crippen LogP contribution in [0.1, 0.15) is 36.4 Å². The van der Waals surface area contributed by atoms with Crippen LogP contribution >= 0.6 is 0 Å². The monoisotopic (exact) mass is 485 g/mol. The molecule has 8 nitrogen and oxygen atoms in total. The molecule has 0 unspecified atom stereocenters. The first-order valence-corrected chi connectivity index (χ1v) is 10.00. The zero-order valence-corrected chi connectivity index (χ0v) is 18.3. The van der Waals surface area contributed by atoms with Crippen LogP contribution in [0.5, 0.6) is 5.88 Å². The van der Waals surface area contributed by atoms with Gasteiger partial charge in [-0.3, -0.25) is 9.55 Å². The molecule has 0 saturated heterocycles. The SMILES string of the molecule is CCn1c(CO)nn(-c2nc(O[C@@H](C)C(F)(F)F)c(/C(F)=C/c3cnccc3C)cc2F)c1=O. The van der Waals surface area contributed by atoms with Gasteiger partial charge < -0.3 is 9.84 Å². The second-order valence-corrected chi connectivity index (χ2v) is 7.19. The Morgan fingerprint density at radius 1 is 1.35 bits per heavy atom. The van der Waals surface area contributed by atoms with Crippen molar-refractivity contribution in [3.63, 3.8) is 0 Å². The van der Waals surface area contributed by atoms with E-state index in [1.54, 1.807) is 19.9 Å². The average molecular weight is 485 g/mol. The second kappa shape index (κ2) is 9.71. The topological polar surface area (TPSA) is 95.1 Å². The summed E-state index contributed by atoms with van der Waals surface area (Å²) in [7, 11) is 0. The molecule has 0 spiro atoms. The Hall–Kier alpha value is -3.61. The summed E-state index contributed by atoms with van der Waals surface area (Å²) in [5.74, 6) is -4.23. The van der Waals surface area contributed by atoms with Crippen molar-refractivity contribution < 1.29 is 31.8 Å². The summed E-state index contributed by atoms with van der Waals surface area (Å²) in [5.41, 5.74) is -0.701. The molecule has 0 aromatic carbocycles. The van der Waals surface area contributed by atoms with Crippen molar-refractivity contribution in [1.82, 2.24) is 24.3 Å². The molecule has 0 aliphatic heterocycles. The molecule has 0 radical (unpaired) electrons. The van der Waals surface area contributed by atoms with E-state index in [4.69, 9.17) is 4.74 Å². The molecule has 3 heterocycles. The molecule has 3 rings (SSSR count). The number of aliphatic hydroxyl groups excluding tert-OH is 1. The van der Waals surface area contributed by atoms with Crippen molar-refractivity contribution in [3.05, 3.63) is 63.3 Å². The lowest BCUT2D eigenvalue weighted by molar-refractivity contribution is -0.190. The Morgan fingerprint density at radius 3 is 2.62 bits per heavy atom. The molecule has 34 heavy (non-hydrogen) atoms. The van der Waals surface area contributed by atoms with Crippen LogP contribution in [0, 0.1) is 12.7 Å². The predicted molar refractivity (Wildman–Crippen MR) is 111 cm³/mol. The number of hydrogen-bond acceptors (Lipinski definition) is 6. The Balaban J connectivity index is 2.21. The van der Waals surface area contributed by atoms with Gasteiger partial charge in [-0.25, -0.2) is 13.6 Å². The molecule has 3 aromatic rings. The van der Waals surface area contributed by atoms with Gasteiger partial charge in [0.05, 0.1) is 5.56 Å². The lowest BCUT2D eigenvalue weighted by atomic mass is 10.1. The Morgan fingerprint density at radius 2 is 2.06 bits per heavy atom. The van der Waals surface area contributed by atoms with Gasteiger partial charge in [0.25, 0.3) is 0 Å². The number of aryl methyl sites for hydroxylation is 1. The number of nitrogens with zero attached hydrogens (tertiary/aromatic N) is 5. The van der Waals surface area contributed by atoms with Crippen LogP contribution in [0.3, 0.4) is 0 Å². The third-order valence-corrected chi connectivity index (χ3v) is 4.89. The first-order valence-electron chi connectivity index (χ1n) is 10.00. The number of aliphatic hydroxyl groups is 1. The molecule has 0 bridgehead atoms. The Bertz CT molecular complexity index is 1280. The smallest absolute Gasteiger partial charge is 0.425 e. The van der Waals surface area contributed by atoms with Crippen molar-refractivity contribution in [2.45, 2.75) is 46.2 Å². The van der Waals surface area contributed by atoms with E-state index >= 15 is 4.39 Å². The summed E-state index contributed by atoms with van der Waals surface area (Å²) in [4.78, 5) is 20.1. The minimum Gasteiger partial charge on any atom is -0.464 e. The quantitative estimate of drug-likeness (QED) is 0.514. The molecule has 1 N–H and O–H groups in total. The molecule has 13 heteroatoms. The van der Waals surface area contributed by atoms with E-state index in [1.165, 1.54) is 12.4 Å². The molecule has 0 fully saturated rings. The number of pyridine rings is 2. The summed E-state index contributed by atoms with van der Waals surface area (Å²) in [6, 6.07) is 2.15. The van der Waals surface area contributed by atoms with Crippen molar-refractivity contribution in [2.24, 2.45) is 0 Å². The van der Waals surface area contributed by atoms with Gasteiger partial charge in [0.15, 0.2) is 23.6 Å². The van der Waals surface area contributed by atoms with Gasteiger partial charge in [-0.2, -0.15) is 22.8 Å². The van der Waals surface area contributed by atoms with Gasteiger partial charge in [-0.15, -0.1) is 5.10 Å². The number of halogens is 5. The molecule has 0 saturated carbocycles. The van der Waals surface area contributed by atoms with Gasteiger partial charge in [-0.1, -0.05) is 0 Å². The highest BCUT2D eigenvalue weighted by Crippen LogP contribution is 2.33. The predicted octanol–water partition coefficient (Wildman–Crippen LogP) is 3.58. The highest BCUT2D eigenvalue weighted by Gasteiger charge is 2.39. The van der Waals surface area contributed by atoms with Gasteiger partial charge in [-0.05, 0) is 50.1 Å². The summed E-state index contributed by atoms with van der Waals surface area (Å²) >= 11 is 0. The van der Waals surface area contributed by atoms with E-state index in [9.17, 15) is 27.5 Å². The number of alkyl halides is 3. The van der Waals surface area contributed by atoms with Crippen LogP contribution in [-0.2, 0) is 13.2 Å². The minimum absolute atomic E-state index is 0.0741. The molecule has 3 aromatic heterocycles. The van der Waals surface area contributed by atoms with Gasteiger partial charge >= 0.3 is 11.9 Å². The number of hydrogen-bond donors (Lipinski definition) is 1. The third-order valence-electron chi connectivity index (χ3n) is 4.89. The lowest BCUT2D eigenvalue weighted by Gasteiger charge is -2.19. The third kappa shape index (κ3) is 4.98. The molecular formula is C21H20F5N5O3. The van der Waals surface area contributed by atoms with E-state index in [-0.39, 0.29) is 12.4 Å². The fraction of sp³-hybridized carbons (Fsp3) is 0.333. The Labute approximate surface area is 190 Å². The second-order valence-electron chi connectivity index (χ2n) is 7.19. The van der Waals surface area contributed by atoms with Crippen molar-refractivity contribution in [3.8, 4) is 11.7 Å². The van der Waals surface area contributed by atoms with Gasteiger partial charge in [0.1, 0.15) is 12.4 Å². The number of ether oxygens (including phenoxy) is 1. The van der Waals surface area contributed by atoms with Crippen molar-refractivity contribution in [1.29, 1.82) is 0 Å². The van der Waals surface area contributed by atoms with E-state index in [0.29, 0.717) is 28.8 Å². The van der Waals surface area contributed by atoms with E-state index in [1.807, 2.05) is 0 Å². The molecule has 182 valence electrons. The van der Waals surface area contributed by atoms with E-state index < -0.39 is 53.5 Å². The van der Waals surface area contributed by atoms with E-state index in [2.05, 4.69) is 15.1 Å². The van der Waals surface area contributed by atoms with Crippen LogP contribution in [0.25, 0.3) is 17.7 Å². The maximum atomic E-state index is 15.1. The summed E-state index contributed by atoms with van der Waals surface area (Å²) in [5, 5.41) is 13.2. The average Bonchev–Trinajstić information content (AvgIpc) is 3.10. The largest absolute Gasteiger partial charge is 0.464 e. The summed E-state index contributed by atoms with van der Waals surface area (Å²) < 4.78 is 75.8. The lowest BCUT2D eigenvalue weighted by Crippen LogP contribution is -2.32. The number of rotatable bonds is 7. The van der Waals surface area contributed by atoms with Crippen molar-refractivity contribution >= 4 is 11.9 Å². The van der Waals surface area contributed by atoms with Crippen LogP contribution in [0.15, 0.2) is 29.3 Å². The summed E-state index contributed by atoms with van der Waals surface area (Å²) in [6.45, 7) is 3.31. The van der Waals surface area contributed by atoms with Gasteiger partial charge in [0.2, 0.25) is 5.88 Å². The van der Waals surface area contributed by atoms with E-state index in [0.717, 1.165) is 10.6 Å². The normalized spacial score (nSPS) is 13.3. The molecular weight excluding hydrogens is 465 g/mol. The summed E-state index contributed by atoms with van der Waals surface area (Å²) in [6.07, 6.45) is -3.53. The van der Waals surface area contributed by atoms with Crippen LogP contribution in [-0.4, -0.2) is 41.7 Å². The first kappa shape index (κ1) is 25.0. The zero-order valence-electron chi connectivity index (χ0n) is 18.3. The highest BCUT2D eigenvalue weighted by atomic mass is 19.4. The zero-order chi connectivity index (χ0) is 25.2. The van der Waals surface area contributed by atoms with Crippen LogP contribution in [0.4, 0.5) is 22.0 Å². The van der Waals surface area contributed by atoms with Crippen LogP contribution in [0.2, 0.25) is 0 Å². The molecule has 0 aliphatic carbocycles. The molecule has 0 amide bonds. The standard InChI is InChI=1S/C21H20F5N5O3/c1-4-30-17(10-32)29-31(20(30)33)18-16(23)8-14(19(28-18)34-12(3)21(24,25)26)15(22)7-13-9-27-6-5-11(13)2/h5-9,12,32H,4,10H2,1-3H3/b15-7-/t12-/m0/s1. The van der Waals surface area contributed by atoms with Crippen LogP contribution < -0.4 is 10.4 Å². The maximum absolute atomic E-state index is 15.1. The fourth-order valence-corrected chi connectivity index (χ4v) is 2.96. The maximum Gasteiger partial charge on any atom is 0.425 e. The minimum atomic E-state index is -4.84. The molecule has 1 atom stereocenters. The fourth-order valence-electron chi connectivity index (χ4n) is 2.96. The van der Waals surface area contributed by atoms with Crippen molar-refractivity contribution in [2.75, 3.05) is 0 Å². The molecule has 0 aliphatic rings. The number of aromatic nitrogens is 5.